The van der Waals surface area contributed by atoms with Crippen molar-refractivity contribution < 1.29 is 4.39 Å². The Kier molecular flexibility index (Phi) is 3.33. The van der Waals surface area contributed by atoms with Crippen molar-refractivity contribution in [3.63, 3.8) is 0 Å². The van der Waals surface area contributed by atoms with E-state index in [-0.39, 0.29) is 11.4 Å². The van der Waals surface area contributed by atoms with Crippen molar-refractivity contribution in [2.24, 2.45) is 0 Å². The van der Waals surface area contributed by atoms with Crippen molar-refractivity contribution in [1.82, 2.24) is 10.3 Å². The largest absolute Gasteiger partial charge is 0.363 e. The molecular formula is C13H20FN3. The van der Waals surface area contributed by atoms with Gasteiger partial charge in [-0.15, -0.1) is 0 Å². The van der Waals surface area contributed by atoms with Gasteiger partial charge in [0.05, 0.1) is 0 Å². The Morgan fingerprint density at radius 3 is 2.71 bits per heavy atom. The lowest BCUT2D eigenvalue weighted by molar-refractivity contribution is 0.567. The first kappa shape index (κ1) is 12.3. The maximum atomic E-state index is 14.1. The molecule has 1 aliphatic carbocycles. The normalized spacial score (nSPS) is 16.0. The van der Waals surface area contributed by atoms with Gasteiger partial charge in [-0.2, -0.15) is 0 Å². The maximum Gasteiger partial charge on any atom is 0.169 e. The molecule has 0 aliphatic heterocycles. The molecule has 0 bridgehead atoms. The van der Waals surface area contributed by atoms with Crippen LogP contribution in [-0.4, -0.2) is 16.6 Å². The summed E-state index contributed by atoms with van der Waals surface area (Å²) in [7, 11) is 0. The molecule has 94 valence electrons. The van der Waals surface area contributed by atoms with E-state index in [2.05, 4.69) is 15.6 Å². The quantitative estimate of drug-likeness (QED) is 0.845. The first-order chi connectivity index (χ1) is 7.96. The average molecular weight is 237 g/mol. The third-order valence-corrected chi connectivity index (χ3v) is 2.62. The Morgan fingerprint density at radius 1 is 1.41 bits per heavy atom. The van der Waals surface area contributed by atoms with E-state index in [9.17, 15) is 4.39 Å². The number of nitrogens with zero attached hydrogens (tertiary/aromatic N) is 1. The van der Waals surface area contributed by atoms with Crippen molar-refractivity contribution >= 4 is 5.82 Å². The number of anilines is 1. The van der Waals surface area contributed by atoms with Crippen LogP contribution < -0.4 is 10.6 Å². The average Bonchev–Trinajstić information content (AvgIpc) is 3.01. The van der Waals surface area contributed by atoms with Crippen LogP contribution in [0.1, 0.15) is 39.2 Å². The second kappa shape index (κ2) is 4.61. The highest BCUT2D eigenvalue weighted by atomic mass is 19.1. The molecule has 17 heavy (non-hydrogen) atoms. The zero-order valence-electron chi connectivity index (χ0n) is 10.7. The molecule has 1 saturated carbocycles. The van der Waals surface area contributed by atoms with Gasteiger partial charge < -0.3 is 10.6 Å². The lowest BCUT2D eigenvalue weighted by Crippen LogP contribution is -2.28. The predicted octanol–water partition coefficient (Wildman–Crippen LogP) is 2.68. The minimum absolute atomic E-state index is 0.184. The highest BCUT2D eigenvalue weighted by Gasteiger charge is 2.21. The van der Waals surface area contributed by atoms with E-state index in [4.69, 9.17) is 0 Å². The SMILES string of the molecule is CC(C)(C)Nc1nccc(CNC2CC2)c1F. The summed E-state index contributed by atoms with van der Waals surface area (Å²) in [5.41, 5.74) is 0.495. The lowest BCUT2D eigenvalue weighted by atomic mass is 10.1. The van der Waals surface area contributed by atoms with E-state index in [0.717, 1.165) is 0 Å². The number of aromatic nitrogens is 1. The fourth-order valence-electron chi connectivity index (χ4n) is 1.60. The first-order valence-corrected chi connectivity index (χ1v) is 6.11. The molecular weight excluding hydrogens is 217 g/mol. The zero-order valence-corrected chi connectivity index (χ0v) is 10.7. The third kappa shape index (κ3) is 3.66. The molecule has 1 aromatic heterocycles. The molecule has 2 rings (SSSR count). The van der Waals surface area contributed by atoms with Gasteiger partial charge in [-0.1, -0.05) is 0 Å². The van der Waals surface area contributed by atoms with Gasteiger partial charge in [0.15, 0.2) is 11.6 Å². The molecule has 0 amide bonds. The fourth-order valence-corrected chi connectivity index (χ4v) is 1.60. The highest BCUT2D eigenvalue weighted by molar-refractivity contribution is 5.41. The van der Waals surface area contributed by atoms with Crippen LogP contribution in [0.3, 0.4) is 0 Å². The molecule has 0 spiro atoms. The standard InChI is InChI=1S/C13H20FN3/c1-13(2,3)17-12-11(14)9(6-7-15-12)8-16-10-4-5-10/h6-7,10,16H,4-5,8H2,1-3H3,(H,15,17). The molecule has 0 atom stereocenters. The molecule has 1 aliphatic rings. The van der Waals surface area contributed by atoms with E-state index in [1.54, 1.807) is 12.3 Å². The first-order valence-electron chi connectivity index (χ1n) is 6.11. The van der Waals surface area contributed by atoms with E-state index in [1.807, 2.05) is 20.8 Å². The molecule has 0 aromatic carbocycles. The number of hydrogen-bond donors (Lipinski definition) is 2. The van der Waals surface area contributed by atoms with E-state index in [0.29, 0.717) is 24.0 Å². The van der Waals surface area contributed by atoms with E-state index >= 15 is 0 Å². The second-order valence-corrected chi connectivity index (χ2v) is 5.66. The van der Waals surface area contributed by atoms with E-state index < -0.39 is 0 Å². The number of rotatable bonds is 4. The van der Waals surface area contributed by atoms with Crippen LogP contribution in [-0.2, 0) is 6.54 Å². The third-order valence-electron chi connectivity index (χ3n) is 2.62. The molecule has 0 unspecified atom stereocenters. The summed E-state index contributed by atoms with van der Waals surface area (Å²) in [6, 6.07) is 2.32. The molecule has 0 radical (unpaired) electrons. The predicted molar refractivity (Wildman–Crippen MR) is 67.4 cm³/mol. The Hall–Kier alpha value is -1.16. The monoisotopic (exact) mass is 237 g/mol. The summed E-state index contributed by atoms with van der Waals surface area (Å²) in [4.78, 5) is 4.05. The van der Waals surface area contributed by atoms with Crippen LogP contribution in [0.5, 0.6) is 0 Å². The Labute approximate surface area is 102 Å². The van der Waals surface area contributed by atoms with Gasteiger partial charge in [0, 0.05) is 29.9 Å². The summed E-state index contributed by atoms with van der Waals surface area (Å²) >= 11 is 0. The molecule has 1 aromatic rings. The molecule has 0 saturated heterocycles. The number of pyridine rings is 1. The van der Waals surface area contributed by atoms with Crippen LogP contribution in [0.25, 0.3) is 0 Å². The Bertz CT molecular complexity index is 394. The van der Waals surface area contributed by atoms with Gasteiger partial charge in [-0.05, 0) is 39.7 Å². The molecule has 3 nitrogen and oxygen atoms in total. The molecule has 1 fully saturated rings. The van der Waals surface area contributed by atoms with Crippen molar-refractivity contribution in [2.75, 3.05) is 5.32 Å². The van der Waals surface area contributed by atoms with Gasteiger partial charge in [0.25, 0.3) is 0 Å². The molecule has 2 N–H and O–H groups in total. The fraction of sp³-hybridized carbons (Fsp3) is 0.615. The van der Waals surface area contributed by atoms with Gasteiger partial charge in [-0.3, -0.25) is 0 Å². The van der Waals surface area contributed by atoms with Crippen LogP contribution >= 0.6 is 0 Å². The summed E-state index contributed by atoms with van der Waals surface area (Å²) in [6.45, 7) is 6.55. The van der Waals surface area contributed by atoms with Crippen molar-refractivity contribution in [1.29, 1.82) is 0 Å². The minimum atomic E-state index is -0.240. The van der Waals surface area contributed by atoms with Crippen LogP contribution in [0.15, 0.2) is 12.3 Å². The topological polar surface area (TPSA) is 37.0 Å². The van der Waals surface area contributed by atoms with Crippen molar-refractivity contribution in [3.8, 4) is 0 Å². The summed E-state index contributed by atoms with van der Waals surface area (Å²) in [5.74, 6) is 0.100. The molecule has 1 heterocycles. The summed E-state index contributed by atoms with van der Waals surface area (Å²) < 4.78 is 14.1. The van der Waals surface area contributed by atoms with Gasteiger partial charge >= 0.3 is 0 Å². The smallest absolute Gasteiger partial charge is 0.169 e. The highest BCUT2D eigenvalue weighted by Crippen LogP contribution is 2.22. The van der Waals surface area contributed by atoms with Gasteiger partial charge in [0.2, 0.25) is 0 Å². The van der Waals surface area contributed by atoms with Gasteiger partial charge in [0.1, 0.15) is 0 Å². The Balaban J connectivity index is 2.08. The number of hydrogen-bond acceptors (Lipinski definition) is 3. The summed E-state index contributed by atoms with van der Waals surface area (Å²) in [5, 5.41) is 6.39. The Morgan fingerprint density at radius 2 is 2.12 bits per heavy atom. The number of halogens is 1. The van der Waals surface area contributed by atoms with Crippen LogP contribution in [0, 0.1) is 5.82 Å². The lowest BCUT2D eigenvalue weighted by Gasteiger charge is -2.22. The maximum absolute atomic E-state index is 14.1. The second-order valence-electron chi connectivity index (χ2n) is 5.66. The van der Waals surface area contributed by atoms with Crippen molar-refractivity contribution in [3.05, 3.63) is 23.6 Å². The van der Waals surface area contributed by atoms with E-state index in [1.165, 1.54) is 12.8 Å². The van der Waals surface area contributed by atoms with Crippen LogP contribution in [0.2, 0.25) is 0 Å². The molecule has 4 heteroatoms. The number of nitrogens with one attached hydrogen (secondary N) is 2. The summed E-state index contributed by atoms with van der Waals surface area (Å²) in [6.07, 6.45) is 4.07. The minimum Gasteiger partial charge on any atom is -0.363 e. The van der Waals surface area contributed by atoms with Crippen molar-refractivity contribution in [2.45, 2.75) is 51.7 Å². The van der Waals surface area contributed by atoms with Gasteiger partial charge in [-0.25, -0.2) is 9.37 Å². The zero-order chi connectivity index (χ0) is 12.5. The van der Waals surface area contributed by atoms with Crippen LogP contribution in [0.4, 0.5) is 10.2 Å².